The van der Waals surface area contributed by atoms with Gasteiger partial charge in [-0.15, -0.1) is 15.3 Å². The first kappa shape index (κ1) is 67.5. The number of hydrogen-bond donors (Lipinski definition) is 3. The van der Waals surface area contributed by atoms with E-state index in [1.54, 1.807) is 48.5 Å². The van der Waals surface area contributed by atoms with Crippen molar-refractivity contribution in [1.29, 1.82) is 10.5 Å². The summed E-state index contributed by atoms with van der Waals surface area (Å²) in [4.78, 5) is 37.9. The van der Waals surface area contributed by atoms with E-state index in [0.29, 0.717) is 125 Å². The number of rotatable bonds is 31. The number of amides is 1. The molecule has 21 nitrogen and oxygen atoms in total. The van der Waals surface area contributed by atoms with Crippen molar-refractivity contribution in [2.24, 2.45) is 20.5 Å². The Labute approximate surface area is 528 Å². The number of ether oxygens (including phenoxy) is 2. The topological polar surface area (TPSA) is 274 Å². The maximum atomic E-state index is 13.5. The van der Waals surface area contributed by atoms with Gasteiger partial charge in [0.1, 0.15) is 22.7 Å². The van der Waals surface area contributed by atoms with Gasteiger partial charge in [-0.1, -0.05) is 86.4 Å². The molecule has 1 unspecified atom stereocenters. The number of nitrogens with zero attached hydrogens (tertiary/aromatic N) is 10. The fourth-order valence-corrected chi connectivity index (χ4v) is 11.1. The normalized spacial score (nSPS) is 11.7. The molecule has 0 fully saturated rings. The van der Waals surface area contributed by atoms with Gasteiger partial charge in [0.15, 0.2) is 16.7 Å². The molecule has 0 aliphatic heterocycles. The van der Waals surface area contributed by atoms with Crippen LogP contribution in [-0.2, 0) is 24.4 Å². The fourth-order valence-electron chi connectivity index (χ4n) is 9.19. The van der Waals surface area contributed by atoms with Crippen LogP contribution < -0.4 is 34.8 Å². The van der Waals surface area contributed by atoms with Crippen LogP contribution in [0.15, 0.2) is 145 Å². The number of hydrogen-bond acceptors (Lipinski definition) is 20. The molecule has 0 bridgehead atoms. The summed E-state index contributed by atoms with van der Waals surface area (Å²) in [6.45, 7) is 16.5. The Morgan fingerprint density at radius 1 is 0.742 bits per heavy atom. The minimum Gasteiger partial charge on any atom is -0.491 e. The van der Waals surface area contributed by atoms with E-state index in [1.807, 2.05) is 100 Å². The highest BCUT2D eigenvalue weighted by Crippen LogP contribution is 2.37. The summed E-state index contributed by atoms with van der Waals surface area (Å²) >= 11 is 7.20. The highest BCUT2D eigenvalue weighted by Gasteiger charge is 2.23. The number of unbranched alkanes of at least 4 members (excludes halogenated alkanes) is 5. The number of fused-ring (bicyclic) bond motifs is 2. The summed E-state index contributed by atoms with van der Waals surface area (Å²) < 4.78 is 52.0. The minimum absolute atomic E-state index is 0.0509. The number of sulfonamides is 1. The molecule has 0 saturated carbocycles. The number of halogens is 1. The van der Waals surface area contributed by atoms with Crippen LogP contribution in [0, 0.1) is 43.4 Å². The van der Waals surface area contributed by atoms with Crippen molar-refractivity contribution in [1.82, 2.24) is 14.8 Å². The van der Waals surface area contributed by atoms with Crippen LogP contribution in [0.4, 0.5) is 45.1 Å². The van der Waals surface area contributed by atoms with Crippen LogP contribution in [0.5, 0.6) is 11.5 Å². The van der Waals surface area contributed by atoms with Gasteiger partial charge in [-0.25, -0.2) is 8.42 Å². The van der Waals surface area contributed by atoms with E-state index in [9.17, 15) is 18.0 Å². The molecule has 3 N–H and O–H groups in total. The minimum atomic E-state index is -3.95. The largest absolute Gasteiger partial charge is 0.491 e. The molecule has 8 rings (SSSR count). The van der Waals surface area contributed by atoms with Crippen molar-refractivity contribution in [3.8, 4) is 23.6 Å². The number of anilines is 4. The monoisotopic (exact) mass is 1260 g/mol. The molecular weight excluding hydrogens is 1190 g/mol. The van der Waals surface area contributed by atoms with E-state index in [0.717, 1.165) is 52.4 Å². The molecule has 0 radical (unpaired) electrons. The van der Waals surface area contributed by atoms with E-state index in [-0.39, 0.29) is 16.8 Å². The second kappa shape index (κ2) is 33.9. The zero-order valence-corrected chi connectivity index (χ0v) is 53.5. The number of aryl methyl sites for hydroxylation is 3. The lowest BCUT2D eigenvalue weighted by Crippen LogP contribution is -2.33. The number of carbonyl (C=O) groups is 2. The van der Waals surface area contributed by atoms with Crippen molar-refractivity contribution < 1.29 is 36.7 Å². The zero-order chi connectivity index (χ0) is 63.7. The third kappa shape index (κ3) is 20.3. The van der Waals surface area contributed by atoms with Gasteiger partial charge >= 0.3 is 12.0 Å². The van der Waals surface area contributed by atoms with E-state index in [1.165, 1.54) is 38.7 Å². The van der Waals surface area contributed by atoms with Crippen molar-refractivity contribution in [2.45, 2.75) is 117 Å². The Morgan fingerprint density at radius 3 is 2.16 bits per heavy atom. The van der Waals surface area contributed by atoms with Crippen LogP contribution in [0.2, 0.25) is 5.02 Å². The maximum Gasteiger partial charge on any atom is 0.341 e. The number of nitrogens with one attached hydrogen (secondary N) is 3. The smallest absolute Gasteiger partial charge is 0.341 e. The number of carbonyl (C=O) groups excluding carboxylic acids is 2. The fraction of sp³-hybridized carbons (Fsp3) is 0.354. The second-order valence-corrected chi connectivity index (χ2v) is 23.6. The number of azo groups is 2. The lowest BCUT2D eigenvalue weighted by molar-refractivity contribution is -0.148. The van der Waals surface area contributed by atoms with Crippen LogP contribution in [0.25, 0.3) is 22.0 Å². The zero-order valence-electron chi connectivity index (χ0n) is 51.1. The number of aromatic nitrogens is 2. The van der Waals surface area contributed by atoms with Crippen molar-refractivity contribution in [3.63, 3.8) is 0 Å². The number of likely N-dealkylation sites (N-methyl/N-ethyl adjacent to an activating group) is 1. The molecule has 1 atom stereocenters. The van der Waals surface area contributed by atoms with Gasteiger partial charge in [-0.05, 0) is 154 Å². The summed E-state index contributed by atoms with van der Waals surface area (Å²) in [7, 11) is -3.95. The summed E-state index contributed by atoms with van der Waals surface area (Å²) in [6, 6.07) is 38.3. The average molecular weight is 1260 g/mol. The quantitative estimate of drug-likeness (QED) is 0.0207. The van der Waals surface area contributed by atoms with Gasteiger partial charge in [0, 0.05) is 67.5 Å². The van der Waals surface area contributed by atoms with E-state index in [2.05, 4.69) is 69.3 Å². The van der Waals surface area contributed by atoms with E-state index in [4.69, 9.17) is 40.9 Å². The van der Waals surface area contributed by atoms with Crippen LogP contribution in [-0.4, -0.2) is 75.1 Å². The molecule has 89 heavy (non-hydrogen) atoms. The number of oxazole rings is 1. The summed E-state index contributed by atoms with van der Waals surface area (Å²) in [5.74, 6) is 0.403. The van der Waals surface area contributed by atoms with E-state index < -0.39 is 22.1 Å². The van der Waals surface area contributed by atoms with E-state index >= 15 is 0 Å². The molecule has 0 aliphatic carbocycles. The molecule has 0 saturated heterocycles. The standard InChI is InChI=1S/C34H39N7O3S2.C31H35ClN6O5/c1-3-4-5-6-7-8-23-44-33-18-11-26(2)24-32(33)40-46(42,43)29-16-17-31-30(25-29)34(45-39-31)38-37-27-12-14-28(15-13-27)41(21-9-19-35)22-10-20-36;1-6-27(41-28-13-8-19(3)16-20(28)4)30(40)34-26-18-23(38(7-2)15-14-33-43-21(5)39)10-12-24(26)36-37-31-35-25-11-9-22(32)17-29(25)42-31/h11-18,24-25,40H,3-10,21-23H2,1-2H3;8-13,16-18,27,33H,6-7,14-15H2,1-5H3,(H,34,40). The summed E-state index contributed by atoms with van der Waals surface area (Å²) in [5.41, 5.74) is 10.9. The first-order valence-corrected chi connectivity index (χ1v) is 32.1. The van der Waals surface area contributed by atoms with Crippen LogP contribution in [0.3, 0.4) is 0 Å². The molecule has 0 spiro atoms. The first-order chi connectivity index (χ1) is 43.0. The predicted octanol–water partition coefficient (Wildman–Crippen LogP) is 16.4. The Morgan fingerprint density at radius 2 is 1.45 bits per heavy atom. The predicted molar refractivity (Wildman–Crippen MR) is 350 cm³/mol. The van der Waals surface area contributed by atoms with Crippen LogP contribution >= 0.6 is 23.1 Å². The van der Waals surface area contributed by atoms with Crippen molar-refractivity contribution >= 4 is 112 Å². The molecule has 8 aromatic rings. The molecule has 2 heterocycles. The van der Waals surface area contributed by atoms with Crippen molar-refractivity contribution in [2.75, 3.05) is 59.2 Å². The molecular formula is C65H74ClN13O8S2. The van der Waals surface area contributed by atoms with Crippen LogP contribution in [0.1, 0.15) is 102 Å². The van der Waals surface area contributed by atoms with Gasteiger partial charge in [0.2, 0.25) is 0 Å². The van der Waals surface area contributed by atoms with Gasteiger partial charge < -0.3 is 33.8 Å². The second-order valence-electron chi connectivity index (χ2n) is 20.8. The number of hydroxylamine groups is 1. The molecule has 2 aromatic heterocycles. The van der Waals surface area contributed by atoms with Crippen molar-refractivity contribution in [3.05, 3.63) is 137 Å². The van der Waals surface area contributed by atoms with Gasteiger partial charge in [-0.3, -0.25) is 14.3 Å². The van der Waals surface area contributed by atoms with Gasteiger partial charge in [-0.2, -0.15) is 25.4 Å². The molecule has 6 aromatic carbocycles. The Bertz CT molecular complexity index is 3920. The Balaban J connectivity index is 0.000000254. The molecule has 466 valence electrons. The molecule has 24 heteroatoms. The summed E-state index contributed by atoms with van der Waals surface area (Å²) in [5, 5.41) is 39.8. The Hall–Kier alpha value is -9.00. The molecule has 1 amide bonds. The lowest BCUT2D eigenvalue weighted by Gasteiger charge is -2.24. The Kier molecular flexibility index (Phi) is 25.7. The third-order valence-corrected chi connectivity index (χ3v) is 16.2. The maximum absolute atomic E-state index is 13.5. The number of nitriles is 2. The number of benzene rings is 6. The van der Waals surface area contributed by atoms with Gasteiger partial charge in [0.05, 0.1) is 59.1 Å². The first-order valence-electron chi connectivity index (χ1n) is 29.5. The lowest BCUT2D eigenvalue weighted by atomic mass is 10.1. The SMILES string of the molecule is CCC(Oc1ccc(C)cc1C)C(=O)Nc1cc(N(CC)CCNOC(C)=O)ccc1N=Nc1nc2ccc(Cl)cc2o1.CCCCCCCCOc1ccc(C)cc1NS(=O)(=O)c1ccc2nsc(N=Nc3ccc(N(CCC#N)CCC#N)cc3)c2c1. The average Bonchev–Trinajstić information content (AvgIpc) is 2.34. The highest BCUT2D eigenvalue weighted by molar-refractivity contribution is 7.92. The van der Waals surface area contributed by atoms with Gasteiger partial charge in [0.25, 0.3) is 15.9 Å². The molecule has 0 aliphatic rings. The summed E-state index contributed by atoms with van der Waals surface area (Å²) in [6.07, 6.45) is 7.26. The highest BCUT2D eigenvalue weighted by atomic mass is 35.5. The third-order valence-electron chi connectivity index (χ3n) is 13.9.